The summed E-state index contributed by atoms with van der Waals surface area (Å²) in [5.74, 6) is 0.602. The minimum atomic E-state index is -0.132. The molecule has 1 aliphatic rings. The van der Waals surface area contributed by atoms with E-state index in [1.807, 2.05) is 69.5 Å². The zero-order chi connectivity index (χ0) is 18.2. The number of amides is 1. The first-order valence-electron chi connectivity index (χ1n) is 8.70. The zero-order valence-electron chi connectivity index (χ0n) is 14.3. The van der Waals surface area contributed by atoms with Gasteiger partial charge in [-0.2, -0.15) is 0 Å². The molecule has 27 heavy (non-hydrogen) atoms. The lowest BCUT2D eigenvalue weighted by molar-refractivity contribution is 0.103. The van der Waals surface area contributed by atoms with Gasteiger partial charge in [-0.15, -0.1) is 16.4 Å². The molecular formula is C19H16N6OS. The number of benzene rings is 1. The summed E-state index contributed by atoms with van der Waals surface area (Å²) in [5, 5.41) is 17.0. The fourth-order valence-corrected chi connectivity index (χ4v) is 3.83. The van der Waals surface area contributed by atoms with Gasteiger partial charge >= 0.3 is 0 Å². The van der Waals surface area contributed by atoms with Crippen molar-refractivity contribution in [2.24, 2.45) is 0 Å². The molecule has 0 unspecified atom stereocenters. The lowest BCUT2D eigenvalue weighted by Crippen LogP contribution is -2.12. The summed E-state index contributed by atoms with van der Waals surface area (Å²) in [6.45, 7) is 0. The highest BCUT2D eigenvalue weighted by Gasteiger charge is 2.28. The van der Waals surface area contributed by atoms with Crippen LogP contribution in [0.15, 0.2) is 60.2 Å². The molecule has 0 saturated heterocycles. The van der Waals surface area contributed by atoms with Crippen molar-refractivity contribution in [1.82, 2.24) is 24.8 Å². The van der Waals surface area contributed by atoms with Crippen LogP contribution in [0.5, 0.6) is 0 Å². The van der Waals surface area contributed by atoms with E-state index in [1.165, 1.54) is 11.3 Å². The third kappa shape index (κ3) is 3.04. The molecule has 0 atom stereocenters. The summed E-state index contributed by atoms with van der Waals surface area (Å²) in [5.41, 5.74) is 2.48. The van der Waals surface area contributed by atoms with E-state index in [-0.39, 0.29) is 5.91 Å². The number of hydrogen-bond donors (Lipinski definition) is 1. The van der Waals surface area contributed by atoms with Gasteiger partial charge in [-0.1, -0.05) is 12.1 Å². The van der Waals surface area contributed by atoms with Gasteiger partial charge in [0.05, 0.1) is 11.7 Å². The van der Waals surface area contributed by atoms with Gasteiger partial charge in [0.2, 0.25) is 0 Å². The Morgan fingerprint density at radius 3 is 2.81 bits per heavy atom. The SMILES string of the molecule is O=C(Nc1cccc(-c2nnnn2C2CC2)c1)c1sccc1-n1cccc1. The Kier molecular flexibility index (Phi) is 3.83. The number of carbonyl (C=O) groups is 1. The summed E-state index contributed by atoms with van der Waals surface area (Å²) in [6.07, 6.45) is 6.07. The van der Waals surface area contributed by atoms with Gasteiger partial charge in [0.1, 0.15) is 4.88 Å². The molecule has 0 bridgehead atoms. The lowest BCUT2D eigenvalue weighted by Gasteiger charge is -2.09. The number of thiophene rings is 1. The average Bonchev–Trinajstić information content (AvgIpc) is 3.14. The van der Waals surface area contributed by atoms with Crippen LogP contribution in [0.4, 0.5) is 5.69 Å². The van der Waals surface area contributed by atoms with Crippen molar-refractivity contribution >= 4 is 22.9 Å². The van der Waals surface area contributed by atoms with E-state index in [4.69, 9.17) is 0 Å². The molecule has 7 nitrogen and oxygen atoms in total. The lowest BCUT2D eigenvalue weighted by atomic mass is 10.2. The van der Waals surface area contributed by atoms with E-state index in [2.05, 4.69) is 20.8 Å². The Balaban J connectivity index is 1.41. The minimum absolute atomic E-state index is 0.132. The number of aromatic nitrogens is 5. The summed E-state index contributed by atoms with van der Waals surface area (Å²) in [4.78, 5) is 13.5. The summed E-state index contributed by atoms with van der Waals surface area (Å²) >= 11 is 1.42. The molecule has 0 radical (unpaired) electrons. The largest absolute Gasteiger partial charge is 0.322 e. The van der Waals surface area contributed by atoms with Gasteiger partial charge in [0.15, 0.2) is 5.82 Å². The number of carbonyl (C=O) groups excluding carboxylic acids is 1. The summed E-state index contributed by atoms with van der Waals surface area (Å²) in [7, 11) is 0. The first kappa shape index (κ1) is 16.0. The molecule has 1 saturated carbocycles. The Bertz CT molecular complexity index is 1090. The average molecular weight is 376 g/mol. The molecule has 3 aromatic heterocycles. The first-order chi connectivity index (χ1) is 13.3. The van der Waals surface area contributed by atoms with Crippen LogP contribution in [0.3, 0.4) is 0 Å². The van der Waals surface area contributed by atoms with Crippen LogP contribution in [0.25, 0.3) is 17.1 Å². The van der Waals surface area contributed by atoms with Crippen molar-refractivity contribution in [2.75, 3.05) is 5.32 Å². The maximum atomic E-state index is 12.8. The second-order valence-electron chi connectivity index (χ2n) is 6.44. The van der Waals surface area contributed by atoms with Crippen LogP contribution < -0.4 is 5.32 Å². The summed E-state index contributed by atoms with van der Waals surface area (Å²) in [6, 6.07) is 13.8. The van der Waals surface area contributed by atoms with Gasteiger partial charge in [-0.05, 0) is 59.0 Å². The highest BCUT2D eigenvalue weighted by atomic mass is 32.1. The van der Waals surface area contributed by atoms with Crippen LogP contribution in [0, 0.1) is 0 Å². The van der Waals surface area contributed by atoms with Gasteiger partial charge < -0.3 is 9.88 Å². The molecule has 1 amide bonds. The Morgan fingerprint density at radius 2 is 2.00 bits per heavy atom. The molecule has 1 N–H and O–H groups in total. The number of rotatable bonds is 5. The van der Waals surface area contributed by atoms with Gasteiger partial charge in [0, 0.05) is 23.6 Å². The maximum Gasteiger partial charge on any atom is 0.267 e. The highest BCUT2D eigenvalue weighted by Crippen LogP contribution is 2.36. The van der Waals surface area contributed by atoms with E-state index in [9.17, 15) is 4.79 Å². The summed E-state index contributed by atoms with van der Waals surface area (Å²) < 4.78 is 3.80. The standard InChI is InChI=1S/C19H16N6OS/c26-19(17-16(8-11-27-17)24-9-1-2-10-24)20-14-5-3-4-13(12-14)18-21-22-23-25(18)15-6-7-15/h1-5,8-12,15H,6-7H2,(H,20,26). The number of anilines is 1. The topological polar surface area (TPSA) is 77.6 Å². The maximum absolute atomic E-state index is 12.8. The third-order valence-corrected chi connectivity index (χ3v) is 5.40. The van der Waals surface area contributed by atoms with E-state index in [1.54, 1.807) is 0 Å². The van der Waals surface area contributed by atoms with Crippen LogP contribution in [-0.4, -0.2) is 30.7 Å². The van der Waals surface area contributed by atoms with Crippen molar-refractivity contribution in [1.29, 1.82) is 0 Å². The molecule has 5 rings (SSSR count). The molecule has 1 aliphatic carbocycles. The van der Waals surface area contributed by atoms with Crippen LogP contribution in [0.2, 0.25) is 0 Å². The minimum Gasteiger partial charge on any atom is -0.322 e. The second kappa shape index (κ2) is 6.48. The van der Waals surface area contributed by atoms with Crippen LogP contribution in [0.1, 0.15) is 28.6 Å². The van der Waals surface area contributed by atoms with Gasteiger partial charge in [-0.3, -0.25) is 4.79 Å². The molecule has 1 fully saturated rings. The number of nitrogens with zero attached hydrogens (tertiary/aromatic N) is 5. The molecule has 1 aromatic carbocycles. The van der Waals surface area contributed by atoms with E-state index < -0.39 is 0 Å². The fourth-order valence-electron chi connectivity index (χ4n) is 3.04. The zero-order valence-corrected chi connectivity index (χ0v) is 15.1. The number of tetrazole rings is 1. The highest BCUT2D eigenvalue weighted by molar-refractivity contribution is 7.12. The smallest absolute Gasteiger partial charge is 0.267 e. The van der Waals surface area contributed by atoms with Gasteiger partial charge in [-0.25, -0.2) is 4.68 Å². The molecule has 3 heterocycles. The van der Waals surface area contributed by atoms with Crippen molar-refractivity contribution in [2.45, 2.75) is 18.9 Å². The van der Waals surface area contributed by atoms with Crippen LogP contribution >= 0.6 is 11.3 Å². The Labute approximate surface area is 159 Å². The molecular weight excluding hydrogens is 360 g/mol. The van der Waals surface area contributed by atoms with Crippen molar-refractivity contribution in [3.63, 3.8) is 0 Å². The predicted octanol–water partition coefficient (Wildman–Crippen LogP) is 3.78. The monoisotopic (exact) mass is 376 g/mol. The number of nitrogens with one attached hydrogen (secondary N) is 1. The van der Waals surface area contributed by atoms with Crippen molar-refractivity contribution in [3.8, 4) is 17.1 Å². The molecule has 0 spiro atoms. The van der Waals surface area contributed by atoms with E-state index >= 15 is 0 Å². The fraction of sp³-hybridized carbons (Fsp3) is 0.158. The molecule has 8 heteroatoms. The molecule has 4 aromatic rings. The first-order valence-corrected chi connectivity index (χ1v) is 9.58. The molecule has 134 valence electrons. The van der Waals surface area contributed by atoms with E-state index in [0.717, 1.165) is 35.6 Å². The van der Waals surface area contributed by atoms with Crippen molar-refractivity contribution < 1.29 is 4.79 Å². The Hall–Kier alpha value is -3.26. The number of hydrogen-bond acceptors (Lipinski definition) is 5. The molecule has 0 aliphatic heterocycles. The van der Waals surface area contributed by atoms with Crippen molar-refractivity contribution in [3.05, 3.63) is 65.1 Å². The van der Waals surface area contributed by atoms with Gasteiger partial charge in [0.25, 0.3) is 5.91 Å². The van der Waals surface area contributed by atoms with Crippen LogP contribution in [-0.2, 0) is 0 Å². The van der Waals surface area contributed by atoms with E-state index in [0.29, 0.717) is 10.9 Å². The Morgan fingerprint density at radius 1 is 1.15 bits per heavy atom. The third-order valence-electron chi connectivity index (χ3n) is 4.50. The second-order valence-corrected chi connectivity index (χ2v) is 7.35. The normalized spacial score (nSPS) is 13.6. The predicted molar refractivity (Wildman–Crippen MR) is 103 cm³/mol. The quantitative estimate of drug-likeness (QED) is 0.575.